The topological polar surface area (TPSA) is 3.24 Å². The fraction of sp³-hybridized carbons (Fsp3) is 0.556. The Morgan fingerprint density at radius 3 is 2.40 bits per heavy atom. The monoisotopic (exact) mass is 293 g/mol. The molecule has 0 bridgehead atoms. The maximum absolute atomic E-state index is 4.17. The van der Waals surface area contributed by atoms with Crippen molar-refractivity contribution in [2.75, 3.05) is 19.3 Å². The van der Waals surface area contributed by atoms with E-state index in [1.54, 1.807) is 0 Å². The van der Waals surface area contributed by atoms with E-state index in [-0.39, 0.29) is 0 Å². The Kier molecular flexibility index (Phi) is 10.4. The summed E-state index contributed by atoms with van der Waals surface area (Å²) in [4.78, 5) is 3.48. The van der Waals surface area contributed by atoms with Crippen LogP contribution < -0.4 is 0 Å². The third kappa shape index (κ3) is 9.96. The predicted octanol–water partition coefficient (Wildman–Crippen LogP) is 5.64. The Morgan fingerprint density at radius 2 is 1.85 bits per heavy atom. The molecule has 2 heteroatoms. The maximum Gasteiger partial charge on any atom is 0.0380 e. The van der Waals surface area contributed by atoms with Gasteiger partial charge in [-0.1, -0.05) is 45.2 Å². The van der Waals surface area contributed by atoms with Gasteiger partial charge in [0, 0.05) is 25.0 Å². The highest BCUT2D eigenvalue weighted by molar-refractivity contribution is 8.03. The van der Waals surface area contributed by atoms with Crippen LogP contribution in [-0.4, -0.2) is 24.2 Å². The molecule has 0 fully saturated rings. The van der Waals surface area contributed by atoms with E-state index in [1.165, 1.54) is 10.5 Å². The van der Waals surface area contributed by atoms with Crippen molar-refractivity contribution in [3.05, 3.63) is 48.6 Å². The minimum absolute atomic E-state index is 0.692. The molecule has 0 amide bonds. The summed E-state index contributed by atoms with van der Waals surface area (Å²) in [5.41, 5.74) is 2.42. The molecule has 0 aromatic carbocycles. The van der Waals surface area contributed by atoms with Crippen molar-refractivity contribution >= 4 is 11.8 Å². The van der Waals surface area contributed by atoms with Crippen LogP contribution in [0.25, 0.3) is 0 Å². The molecular weight excluding hydrogens is 262 g/mol. The predicted molar refractivity (Wildman–Crippen MR) is 96.0 cm³/mol. The Labute approximate surface area is 130 Å². The molecule has 0 aromatic heterocycles. The summed E-state index contributed by atoms with van der Waals surface area (Å²) in [6, 6.07) is 0. The van der Waals surface area contributed by atoms with Crippen molar-refractivity contribution in [2.45, 2.75) is 39.5 Å². The normalized spacial score (nSPS) is 10.4. The quantitative estimate of drug-likeness (QED) is 0.428. The third-order valence-corrected chi connectivity index (χ3v) is 4.02. The highest BCUT2D eigenvalue weighted by atomic mass is 32.2. The number of thioether (sulfide) groups is 1. The molecule has 0 radical (unpaired) electrons. The minimum Gasteiger partial charge on any atom is -0.374 e. The first-order valence-electron chi connectivity index (χ1n) is 7.33. The smallest absolute Gasteiger partial charge is 0.0380 e. The van der Waals surface area contributed by atoms with E-state index in [0.717, 1.165) is 43.7 Å². The maximum atomic E-state index is 4.17. The molecule has 0 N–H and O–H groups in total. The molecule has 0 rings (SSSR count). The zero-order valence-electron chi connectivity index (χ0n) is 13.6. The molecule has 0 saturated heterocycles. The highest BCUT2D eigenvalue weighted by Crippen LogP contribution is 2.23. The van der Waals surface area contributed by atoms with Crippen LogP contribution in [0.1, 0.15) is 39.5 Å². The lowest BCUT2D eigenvalue weighted by Crippen LogP contribution is -2.19. The van der Waals surface area contributed by atoms with Crippen molar-refractivity contribution in [1.82, 2.24) is 4.90 Å². The van der Waals surface area contributed by atoms with Gasteiger partial charge in [0.2, 0.25) is 0 Å². The van der Waals surface area contributed by atoms with Gasteiger partial charge in [-0.2, -0.15) is 0 Å². The molecule has 0 aliphatic heterocycles. The van der Waals surface area contributed by atoms with Gasteiger partial charge in [-0.15, -0.1) is 18.3 Å². The van der Waals surface area contributed by atoms with Crippen molar-refractivity contribution < 1.29 is 0 Å². The van der Waals surface area contributed by atoms with Gasteiger partial charge in [-0.25, -0.2) is 0 Å². The first-order chi connectivity index (χ1) is 9.36. The van der Waals surface area contributed by atoms with Crippen LogP contribution in [0.5, 0.6) is 0 Å². The van der Waals surface area contributed by atoms with Crippen LogP contribution in [-0.2, 0) is 0 Å². The van der Waals surface area contributed by atoms with Crippen molar-refractivity contribution in [2.24, 2.45) is 5.92 Å². The number of rotatable bonds is 12. The molecule has 0 aliphatic rings. The summed E-state index contributed by atoms with van der Waals surface area (Å²) < 4.78 is 0. The molecule has 0 unspecified atom stereocenters. The van der Waals surface area contributed by atoms with E-state index in [9.17, 15) is 0 Å². The fourth-order valence-corrected chi connectivity index (χ4v) is 2.97. The average Bonchev–Trinajstić information content (AvgIpc) is 2.34. The van der Waals surface area contributed by atoms with Gasteiger partial charge in [-0.3, -0.25) is 0 Å². The Morgan fingerprint density at radius 1 is 1.20 bits per heavy atom. The zero-order valence-corrected chi connectivity index (χ0v) is 14.4. The number of hydrogen-bond donors (Lipinski definition) is 0. The molecular formula is C18H31NS. The Balaban J connectivity index is 3.85. The summed E-state index contributed by atoms with van der Waals surface area (Å²) in [5.74, 6) is 1.77. The van der Waals surface area contributed by atoms with E-state index in [2.05, 4.69) is 52.1 Å². The van der Waals surface area contributed by atoms with Gasteiger partial charge in [0.15, 0.2) is 0 Å². The molecule has 0 heterocycles. The summed E-state index contributed by atoms with van der Waals surface area (Å²) in [5, 5.41) is 0. The molecule has 114 valence electrons. The Bertz CT molecular complexity index is 341. The second kappa shape index (κ2) is 10.8. The summed E-state index contributed by atoms with van der Waals surface area (Å²) in [6.07, 6.45) is 6.05. The van der Waals surface area contributed by atoms with Gasteiger partial charge >= 0.3 is 0 Å². The van der Waals surface area contributed by atoms with E-state index in [1.807, 2.05) is 17.8 Å². The molecule has 0 saturated carbocycles. The van der Waals surface area contributed by atoms with Crippen LogP contribution in [0.4, 0.5) is 0 Å². The van der Waals surface area contributed by atoms with Crippen LogP contribution in [0.2, 0.25) is 0 Å². The standard InChI is InChI=1S/C18H31NS/c1-8-9-10-17(5)19(7)14-16(4)11-12-20-18(6)13-15(2)3/h8,15H,1,4-6,9-14H2,2-3,7H3. The van der Waals surface area contributed by atoms with Gasteiger partial charge in [0.05, 0.1) is 0 Å². The van der Waals surface area contributed by atoms with Crippen molar-refractivity contribution in [3.63, 3.8) is 0 Å². The van der Waals surface area contributed by atoms with E-state index >= 15 is 0 Å². The second-order valence-electron chi connectivity index (χ2n) is 5.73. The lowest BCUT2D eigenvalue weighted by atomic mass is 10.1. The molecule has 1 nitrogen and oxygen atoms in total. The van der Waals surface area contributed by atoms with E-state index in [4.69, 9.17) is 0 Å². The second-order valence-corrected chi connectivity index (χ2v) is 7.01. The number of hydrogen-bond acceptors (Lipinski definition) is 2. The number of allylic oxidation sites excluding steroid dienone is 3. The Hall–Kier alpha value is -0.890. The number of nitrogens with zero attached hydrogens (tertiary/aromatic N) is 1. The van der Waals surface area contributed by atoms with Gasteiger partial charge in [-0.05, 0) is 36.5 Å². The van der Waals surface area contributed by atoms with Crippen LogP contribution in [0, 0.1) is 5.92 Å². The summed E-state index contributed by atoms with van der Waals surface area (Å²) in [6.45, 7) is 21.5. The highest BCUT2D eigenvalue weighted by Gasteiger charge is 2.05. The summed E-state index contributed by atoms with van der Waals surface area (Å²) >= 11 is 1.87. The lowest BCUT2D eigenvalue weighted by molar-refractivity contribution is 0.434. The van der Waals surface area contributed by atoms with Gasteiger partial charge < -0.3 is 4.90 Å². The minimum atomic E-state index is 0.692. The summed E-state index contributed by atoms with van der Waals surface area (Å²) in [7, 11) is 2.08. The van der Waals surface area contributed by atoms with E-state index < -0.39 is 0 Å². The molecule has 20 heavy (non-hydrogen) atoms. The van der Waals surface area contributed by atoms with Crippen LogP contribution in [0.3, 0.4) is 0 Å². The van der Waals surface area contributed by atoms with Crippen LogP contribution in [0.15, 0.2) is 48.6 Å². The first kappa shape index (κ1) is 19.1. The SMILES string of the molecule is C=CCCC(=C)N(C)CC(=C)CCSC(=C)CC(C)C. The molecule has 0 spiro atoms. The van der Waals surface area contributed by atoms with Gasteiger partial charge in [0.25, 0.3) is 0 Å². The zero-order chi connectivity index (χ0) is 15.5. The largest absolute Gasteiger partial charge is 0.374 e. The lowest BCUT2D eigenvalue weighted by Gasteiger charge is -2.22. The van der Waals surface area contributed by atoms with E-state index in [0.29, 0.717) is 5.92 Å². The molecule has 0 atom stereocenters. The fourth-order valence-electron chi connectivity index (χ4n) is 1.84. The number of likely N-dealkylation sites (N-methyl/N-ethyl adjacent to an activating group) is 1. The van der Waals surface area contributed by atoms with Crippen LogP contribution >= 0.6 is 11.8 Å². The molecule has 0 aromatic rings. The van der Waals surface area contributed by atoms with Crippen molar-refractivity contribution in [1.29, 1.82) is 0 Å². The first-order valence-corrected chi connectivity index (χ1v) is 8.32. The van der Waals surface area contributed by atoms with Gasteiger partial charge in [0.1, 0.15) is 0 Å². The molecule has 0 aliphatic carbocycles. The average molecular weight is 294 g/mol. The van der Waals surface area contributed by atoms with Crippen molar-refractivity contribution in [3.8, 4) is 0 Å². The third-order valence-electron chi connectivity index (χ3n) is 3.04.